The average Bonchev–Trinajstić information content (AvgIpc) is 2.66. The highest BCUT2D eigenvalue weighted by Crippen LogP contribution is 2.34. The number of esters is 1. The lowest BCUT2D eigenvalue weighted by Gasteiger charge is -2.14. The van der Waals surface area contributed by atoms with Crippen molar-refractivity contribution in [3.8, 4) is 0 Å². The molecule has 20 heavy (non-hydrogen) atoms. The number of rotatable bonds is 4. The Kier molecular flexibility index (Phi) is 4.73. The van der Waals surface area contributed by atoms with Crippen molar-refractivity contribution in [1.82, 2.24) is 0 Å². The molecule has 0 amide bonds. The first-order chi connectivity index (χ1) is 9.43. The fourth-order valence-electron chi connectivity index (χ4n) is 2.36. The number of ether oxygens (including phenoxy) is 1. The van der Waals surface area contributed by atoms with E-state index in [2.05, 4.69) is 13.8 Å². The summed E-state index contributed by atoms with van der Waals surface area (Å²) in [5, 5.41) is 10.5. The lowest BCUT2D eigenvalue weighted by atomic mass is 9.77. The number of hydrogen-bond acceptors (Lipinski definition) is 4. The summed E-state index contributed by atoms with van der Waals surface area (Å²) in [7, 11) is -1.04. The van der Waals surface area contributed by atoms with Gasteiger partial charge in [0.2, 0.25) is 0 Å². The van der Waals surface area contributed by atoms with Crippen molar-refractivity contribution in [2.45, 2.75) is 39.2 Å². The number of fused-ring (bicyclic) bond motifs is 1. The predicted octanol–water partition coefficient (Wildman–Crippen LogP) is 2.18. The number of benzene rings is 1. The van der Waals surface area contributed by atoms with E-state index in [-0.39, 0.29) is 12.4 Å². The van der Waals surface area contributed by atoms with E-state index in [1.165, 1.54) is 0 Å². The van der Waals surface area contributed by atoms with Gasteiger partial charge in [0, 0.05) is 5.02 Å². The van der Waals surface area contributed by atoms with Gasteiger partial charge in [-0.15, -0.1) is 0 Å². The number of carbonyl (C=O) groups excluding carboxylic acids is 1. The normalized spacial score (nSPS) is 17.5. The van der Waals surface area contributed by atoms with Gasteiger partial charge in [0.1, 0.15) is 0 Å². The lowest BCUT2D eigenvalue weighted by molar-refractivity contribution is -0.145. The molecule has 0 saturated carbocycles. The Morgan fingerprint density at radius 3 is 2.85 bits per heavy atom. The van der Waals surface area contributed by atoms with Crippen molar-refractivity contribution in [2.24, 2.45) is 0 Å². The molecule has 0 bridgehead atoms. The van der Waals surface area contributed by atoms with Gasteiger partial charge in [0.05, 0.1) is 19.1 Å². The molecule has 0 saturated heterocycles. The molecule has 1 N–H and O–H groups in total. The Labute approximate surface area is 124 Å². The predicted molar refractivity (Wildman–Crippen MR) is 78.2 cm³/mol. The van der Waals surface area contributed by atoms with Crippen LogP contribution in [0.1, 0.15) is 50.3 Å². The summed E-state index contributed by atoms with van der Waals surface area (Å²) < 4.78 is 10.3. The quantitative estimate of drug-likeness (QED) is 0.683. The molecule has 0 aromatic heterocycles. The maximum absolute atomic E-state index is 11.6. The topological polar surface area (TPSA) is 55.8 Å². The molecule has 1 heterocycles. The number of hydrogen-bond donors (Lipinski definition) is 1. The van der Waals surface area contributed by atoms with E-state index in [0.717, 1.165) is 5.56 Å². The third-order valence-electron chi connectivity index (χ3n) is 3.39. The van der Waals surface area contributed by atoms with Gasteiger partial charge in [-0.1, -0.05) is 31.5 Å². The zero-order chi connectivity index (χ0) is 14.9. The molecule has 1 aliphatic heterocycles. The van der Waals surface area contributed by atoms with Crippen LogP contribution in [-0.4, -0.2) is 24.7 Å². The summed E-state index contributed by atoms with van der Waals surface area (Å²) in [6.07, 6.45) is -0.494. The minimum Gasteiger partial charge on any atom is -0.466 e. The number of carbonyl (C=O) groups is 1. The molecule has 6 heteroatoms. The summed E-state index contributed by atoms with van der Waals surface area (Å²) in [4.78, 5) is 11.6. The standard InChI is InChI=1S/C14H18BClO4/c1-4-19-13(17)7-12-14-10(15(18)20-12)5-9(8(2)3)6-11(14)16/h5-6,8,12,18H,4,7H2,1-3H3. The van der Waals surface area contributed by atoms with E-state index in [1.807, 2.05) is 12.1 Å². The minimum absolute atomic E-state index is 0.0542. The average molecular weight is 297 g/mol. The first-order valence-electron chi connectivity index (χ1n) is 6.76. The summed E-state index contributed by atoms with van der Waals surface area (Å²) in [5.74, 6) is -0.0596. The molecule has 1 atom stereocenters. The highest BCUT2D eigenvalue weighted by molar-refractivity contribution is 6.62. The molecular weight excluding hydrogens is 278 g/mol. The fraction of sp³-hybridized carbons (Fsp3) is 0.500. The van der Waals surface area contributed by atoms with Crippen LogP contribution in [0.3, 0.4) is 0 Å². The van der Waals surface area contributed by atoms with Gasteiger partial charge >= 0.3 is 13.1 Å². The van der Waals surface area contributed by atoms with Crippen molar-refractivity contribution >= 4 is 30.2 Å². The zero-order valence-electron chi connectivity index (χ0n) is 11.9. The molecular formula is C14H18BClO4. The first-order valence-corrected chi connectivity index (χ1v) is 7.14. The van der Waals surface area contributed by atoms with Gasteiger partial charge in [-0.05, 0) is 35.5 Å². The largest absolute Gasteiger partial charge is 0.492 e. The number of halogens is 1. The SMILES string of the molecule is CCOC(=O)CC1OB(O)c2cc(C(C)C)cc(Cl)c21. The van der Waals surface area contributed by atoms with Crippen molar-refractivity contribution in [3.63, 3.8) is 0 Å². The second-order valence-corrected chi connectivity index (χ2v) is 5.55. The Morgan fingerprint density at radius 1 is 1.55 bits per heavy atom. The van der Waals surface area contributed by atoms with Crippen LogP contribution < -0.4 is 5.46 Å². The summed E-state index contributed by atoms with van der Waals surface area (Å²) in [6, 6.07) is 3.76. The highest BCUT2D eigenvalue weighted by Gasteiger charge is 2.38. The molecule has 0 spiro atoms. The fourth-order valence-corrected chi connectivity index (χ4v) is 2.71. The smallest absolute Gasteiger partial charge is 0.466 e. The third-order valence-corrected chi connectivity index (χ3v) is 3.70. The highest BCUT2D eigenvalue weighted by atomic mass is 35.5. The summed E-state index contributed by atoms with van der Waals surface area (Å²) >= 11 is 6.30. The molecule has 0 aliphatic carbocycles. The van der Waals surface area contributed by atoms with Crippen LogP contribution in [0.25, 0.3) is 0 Å². The van der Waals surface area contributed by atoms with E-state index < -0.39 is 13.2 Å². The summed E-state index contributed by atoms with van der Waals surface area (Å²) in [6.45, 7) is 6.17. The van der Waals surface area contributed by atoms with Gasteiger partial charge in [-0.25, -0.2) is 0 Å². The maximum atomic E-state index is 11.6. The molecule has 1 aliphatic rings. The van der Waals surface area contributed by atoms with Crippen LogP contribution in [0.4, 0.5) is 0 Å². The van der Waals surface area contributed by atoms with Crippen LogP contribution in [0.5, 0.6) is 0 Å². The third kappa shape index (κ3) is 3.00. The maximum Gasteiger partial charge on any atom is 0.492 e. The monoisotopic (exact) mass is 296 g/mol. The molecule has 1 aromatic rings. The van der Waals surface area contributed by atoms with Crippen molar-refractivity contribution in [2.75, 3.05) is 6.61 Å². The van der Waals surface area contributed by atoms with Gasteiger partial charge in [-0.3, -0.25) is 4.79 Å². The minimum atomic E-state index is -1.04. The van der Waals surface area contributed by atoms with Gasteiger partial charge in [0.15, 0.2) is 0 Å². The van der Waals surface area contributed by atoms with Gasteiger partial charge < -0.3 is 14.4 Å². The van der Waals surface area contributed by atoms with E-state index in [9.17, 15) is 9.82 Å². The zero-order valence-corrected chi connectivity index (χ0v) is 12.6. The Morgan fingerprint density at radius 2 is 2.25 bits per heavy atom. The molecule has 108 valence electrons. The molecule has 0 radical (unpaired) electrons. The lowest BCUT2D eigenvalue weighted by Crippen LogP contribution is -2.28. The van der Waals surface area contributed by atoms with Crippen molar-refractivity contribution in [3.05, 3.63) is 28.3 Å². The van der Waals surface area contributed by atoms with Gasteiger partial charge in [-0.2, -0.15) is 0 Å². The summed E-state index contributed by atoms with van der Waals surface area (Å²) in [5.41, 5.74) is 2.38. The van der Waals surface area contributed by atoms with Crippen LogP contribution in [0.15, 0.2) is 12.1 Å². The van der Waals surface area contributed by atoms with E-state index in [0.29, 0.717) is 28.6 Å². The van der Waals surface area contributed by atoms with Crippen LogP contribution in [0.2, 0.25) is 5.02 Å². The second kappa shape index (κ2) is 6.16. The Balaban J connectivity index is 2.31. The van der Waals surface area contributed by atoms with Gasteiger partial charge in [0.25, 0.3) is 0 Å². The second-order valence-electron chi connectivity index (χ2n) is 5.15. The van der Waals surface area contributed by atoms with Crippen molar-refractivity contribution < 1.29 is 19.2 Å². The van der Waals surface area contributed by atoms with E-state index in [4.69, 9.17) is 21.0 Å². The molecule has 0 fully saturated rings. The van der Waals surface area contributed by atoms with Crippen LogP contribution in [0, 0.1) is 0 Å². The Bertz CT molecular complexity index is 518. The van der Waals surface area contributed by atoms with Crippen LogP contribution in [-0.2, 0) is 14.2 Å². The molecule has 1 aromatic carbocycles. The molecule has 4 nitrogen and oxygen atoms in total. The van der Waals surface area contributed by atoms with Crippen molar-refractivity contribution in [1.29, 1.82) is 0 Å². The Hall–Kier alpha value is -1.04. The first kappa shape index (κ1) is 15.4. The van der Waals surface area contributed by atoms with E-state index >= 15 is 0 Å². The van der Waals surface area contributed by atoms with Crippen LogP contribution >= 0.6 is 11.6 Å². The molecule has 1 unspecified atom stereocenters. The van der Waals surface area contributed by atoms with E-state index in [1.54, 1.807) is 6.92 Å². The molecule has 2 rings (SSSR count).